The van der Waals surface area contributed by atoms with E-state index in [2.05, 4.69) is 0 Å². The third kappa shape index (κ3) is 3.25. The molecule has 0 unspecified atom stereocenters. The van der Waals surface area contributed by atoms with Crippen molar-refractivity contribution < 1.29 is 9.84 Å². The summed E-state index contributed by atoms with van der Waals surface area (Å²) >= 11 is 5.49. The highest BCUT2D eigenvalue weighted by Crippen LogP contribution is 2.12. The lowest BCUT2D eigenvalue weighted by Gasteiger charge is -2.06. The maximum Gasteiger partial charge on any atom is 0.118 e. The van der Waals surface area contributed by atoms with Crippen LogP contribution in [0.4, 0.5) is 0 Å². The number of benzene rings is 1. The van der Waals surface area contributed by atoms with E-state index < -0.39 is 6.10 Å². The lowest BCUT2D eigenvalue weighted by molar-refractivity contribution is 0.198. The van der Waals surface area contributed by atoms with Crippen molar-refractivity contribution in [1.29, 1.82) is 0 Å². The lowest BCUT2D eigenvalue weighted by Crippen LogP contribution is -2.11. The van der Waals surface area contributed by atoms with E-state index in [0.29, 0.717) is 6.42 Å². The molecule has 0 heterocycles. The molecule has 1 aromatic carbocycles. The van der Waals surface area contributed by atoms with Gasteiger partial charge in [-0.2, -0.15) is 0 Å². The van der Waals surface area contributed by atoms with Gasteiger partial charge >= 0.3 is 0 Å². The first kappa shape index (κ1) is 10.4. The van der Waals surface area contributed by atoms with E-state index in [9.17, 15) is 5.11 Å². The van der Waals surface area contributed by atoms with Gasteiger partial charge in [0.15, 0.2) is 0 Å². The fourth-order valence-corrected chi connectivity index (χ4v) is 1.20. The van der Waals surface area contributed by atoms with Gasteiger partial charge in [-0.1, -0.05) is 12.1 Å². The van der Waals surface area contributed by atoms with Crippen LogP contribution >= 0.6 is 11.6 Å². The molecular formula is C10H13ClO2. The van der Waals surface area contributed by atoms with Crippen molar-refractivity contribution in [2.24, 2.45) is 0 Å². The van der Waals surface area contributed by atoms with Crippen LogP contribution in [0.2, 0.25) is 0 Å². The molecule has 0 fully saturated rings. The molecule has 0 aliphatic carbocycles. The minimum Gasteiger partial charge on any atom is -0.497 e. The van der Waals surface area contributed by atoms with Crippen LogP contribution in [-0.4, -0.2) is 24.2 Å². The SMILES string of the molecule is COc1ccc(C[C@@H](O)CCl)cc1. The predicted octanol–water partition coefficient (Wildman–Crippen LogP) is 1.84. The minimum atomic E-state index is -0.463. The van der Waals surface area contributed by atoms with Crippen molar-refractivity contribution in [3.63, 3.8) is 0 Å². The number of aliphatic hydroxyl groups excluding tert-OH is 1. The zero-order valence-corrected chi connectivity index (χ0v) is 8.29. The highest BCUT2D eigenvalue weighted by atomic mass is 35.5. The highest BCUT2D eigenvalue weighted by molar-refractivity contribution is 6.18. The summed E-state index contributed by atoms with van der Waals surface area (Å²) in [7, 11) is 1.63. The van der Waals surface area contributed by atoms with E-state index in [1.54, 1.807) is 7.11 Å². The van der Waals surface area contributed by atoms with Crippen molar-refractivity contribution in [3.8, 4) is 5.75 Å². The molecule has 0 aromatic heterocycles. The Morgan fingerprint density at radius 3 is 2.46 bits per heavy atom. The van der Waals surface area contributed by atoms with Crippen LogP contribution in [0.3, 0.4) is 0 Å². The fourth-order valence-electron chi connectivity index (χ4n) is 1.09. The highest BCUT2D eigenvalue weighted by Gasteiger charge is 2.03. The molecule has 0 aliphatic rings. The molecule has 0 radical (unpaired) electrons. The summed E-state index contributed by atoms with van der Waals surface area (Å²) in [6, 6.07) is 7.59. The molecule has 1 atom stereocenters. The number of aliphatic hydroxyl groups is 1. The fraction of sp³-hybridized carbons (Fsp3) is 0.400. The van der Waals surface area contributed by atoms with Gasteiger partial charge in [0.05, 0.1) is 13.2 Å². The van der Waals surface area contributed by atoms with Gasteiger partial charge in [-0.25, -0.2) is 0 Å². The van der Waals surface area contributed by atoms with Crippen molar-refractivity contribution in [3.05, 3.63) is 29.8 Å². The molecule has 1 aromatic rings. The van der Waals surface area contributed by atoms with Crippen LogP contribution in [0, 0.1) is 0 Å². The largest absolute Gasteiger partial charge is 0.497 e. The van der Waals surface area contributed by atoms with Gasteiger partial charge in [-0.15, -0.1) is 11.6 Å². The Kier molecular flexibility index (Phi) is 4.06. The number of halogens is 1. The third-order valence-corrected chi connectivity index (χ3v) is 2.16. The van der Waals surface area contributed by atoms with Gasteiger partial charge in [0.2, 0.25) is 0 Å². The number of hydrogen-bond donors (Lipinski definition) is 1. The number of rotatable bonds is 4. The second kappa shape index (κ2) is 5.10. The number of ether oxygens (including phenoxy) is 1. The molecule has 1 rings (SSSR count). The number of alkyl halides is 1. The van der Waals surface area contributed by atoms with Crippen LogP contribution in [0.5, 0.6) is 5.75 Å². The Hall–Kier alpha value is -0.730. The molecular weight excluding hydrogens is 188 g/mol. The van der Waals surface area contributed by atoms with E-state index in [-0.39, 0.29) is 5.88 Å². The Morgan fingerprint density at radius 1 is 1.38 bits per heavy atom. The summed E-state index contributed by atoms with van der Waals surface area (Å²) in [5, 5.41) is 9.27. The van der Waals surface area contributed by atoms with Gasteiger partial charge in [0, 0.05) is 5.88 Å². The Balaban J connectivity index is 2.58. The summed E-state index contributed by atoms with van der Waals surface area (Å²) < 4.78 is 5.01. The van der Waals surface area contributed by atoms with Crippen molar-refractivity contribution in [2.45, 2.75) is 12.5 Å². The van der Waals surface area contributed by atoms with Gasteiger partial charge in [0.25, 0.3) is 0 Å². The van der Waals surface area contributed by atoms with Crippen LogP contribution < -0.4 is 4.74 Å². The van der Waals surface area contributed by atoms with E-state index in [1.165, 1.54) is 0 Å². The standard InChI is InChI=1S/C10H13ClO2/c1-13-10-4-2-8(3-5-10)6-9(12)7-11/h2-5,9,12H,6-7H2,1H3/t9-/m1/s1. The van der Waals surface area contributed by atoms with Gasteiger partial charge in [0.1, 0.15) is 5.75 Å². The molecule has 3 heteroatoms. The monoisotopic (exact) mass is 200 g/mol. The zero-order valence-electron chi connectivity index (χ0n) is 7.53. The summed E-state index contributed by atoms with van der Waals surface area (Å²) in [6.45, 7) is 0. The van der Waals surface area contributed by atoms with Crippen LogP contribution in [0.25, 0.3) is 0 Å². The molecule has 0 spiro atoms. The molecule has 0 aliphatic heterocycles. The minimum absolute atomic E-state index is 0.270. The molecule has 72 valence electrons. The lowest BCUT2D eigenvalue weighted by atomic mass is 10.1. The quantitative estimate of drug-likeness (QED) is 0.752. The molecule has 0 saturated carbocycles. The maximum absolute atomic E-state index is 9.27. The zero-order chi connectivity index (χ0) is 9.68. The Bertz CT molecular complexity index is 246. The number of hydrogen-bond acceptors (Lipinski definition) is 2. The average Bonchev–Trinajstić information content (AvgIpc) is 2.19. The van der Waals surface area contributed by atoms with Gasteiger partial charge in [-0.3, -0.25) is 0 Å². The Labute approximate surface area is 83.1 Å². The van der Waals surface area contributed by atoms with E-state index in [4.69, 9.17) is 16.3 Å². The first-order valence-electron chi connectivity index (χ1n) is 4.13. The van der Waals surface area contributed by atoms with Crippen molar-refractivity contribution in [1.82, 2.24) is 0 Å². The number of methoxy groups -OCH3 is 1. The summed E-state index contributed by atoms with van der Waals surface area (Å²) in [5.74, 6) is 1.09. The second-order valence-corrected chi connectivity index (χ2v) is 3.17. The Morgan fingerprint density at radius 2 is 2.00 bits per heavy atom. The first-order chi connectivity index (χ1) is 6.26. The topological polar surface area (TPSA) is 29.5 Å². The smallest absolute Gasteiger partial charge is 0.118 e. The predicted molar refractivity (Wildman–Crippen MR) is 53.4 cm³/mol. The summed E-state index contributed by atoms with van der Waals surface area (Å²) in [4.78, 5) is 0. The van der Waals surface area contributed by atoms with E-state index in [0.717, 1.165) is 11.3 Å². The van der Waals surface area contributed by atoms with Crippen LogP contribution in [-0.2, 0) is 6.42 Å². The molecule has 13 heavy (non-hydrogen) atoms. The third-order valence-electron chi connectivity index (χ3n) is 1.81. The van der Waals surface area contributed by atoms with Gasteiger partial charge in [-0.05, 0) is 24.1 Å². The van der Waals surface area contributed by atoms with Gasteiger partial charge < -0.3 is 9.84 Å². The van der Waals surface area contributed by atoms with E-state index >= 15 is 0 Å². The van der Waals surface area contributed by atoms with Crippen molar-refractivity contribution in [2.75, 3.05) is 13.0 Å². The summed E-state index contributed by atoms with van der Waals surface area (Å²) in [5.41, 5.74) is 1.06. The van der Waals surface area contributed by atoms with Crippen LogP contribution in [0.15, 0.2) is 24.3 Å². The normalized spacial score (nSPS) is 12.5. The summed E-state index contributed by atoms with van der Waals surface area (Å²) in [6.07, 6.45) is 0.128. The first-order valence-corrected chi connectivity index (χ1v) is 4.66. The average molecular weight is 201 g/mol. The second-order valence-electron chi connectivity index (χ2n) is 2.86. The molecule has 0 saturated heterocycles. The molecule has 0 bridgehead atoms. The van der Waals surface area contributed by atoms with Crippen molar-refractivity contribution >= 4 is 11.6 Å². The van der Waals surface area contributed by atoms with Crippen LogP contribution in [0.1, 0.15) is 5.56 Å². The molecule has 0 amide bonds. The molecule has 1 N–H and O–H groups in total. The van der Waals surface area contributed by atoms with E-state index in [1.807, 2.05) is 24.3 Å². The maximum atomic E-state index is 9.27. The molecule has 2 nitrogen and oxygen atoms in total.